The number of para-hydroxylation sites is 1. The molecule has 0 aromatic heterocycles. The average Bonchev–Trinajstić information content (AvgIpc) is 2.82. The number of carbonyl (C=O) groups is 2. The summed E-state index contributed by atoms with van der Waals surface area (Å²) in [5.41, 5.74) is 1.47. The predicted octanol–water partition coefficient (Wildman–Crippen LogP) is 5.88. The molecule has 0 fully saturated rings. The van der Waals surface area contributed by atoms with E-state index in [1.807, 2.05) is 29.2 Å². The molecule has 1 aliphatic heterocycles. The third-order valence-electron chi connectivity index (χ3n) is 6.46. The molecule has 0 radical (unpaired) electrons. The predicted molar refractivity (Wildman–Crippen MR) is 132 cm³/mol. The molecule has 2 aromatic carbocycles. The highest BCUT2D eigenvalue weighted by molar-refractivity contribution is 5.92. The minimum absolute atomic E-state index is 0.0184. The molecule has 8 heteroatoms. The third-order valence-corrected chi connectivity index (χ3v) is 6.46. The van der Waals surface area contributed by atoms with Crippen LogP contribution in [0.3, 0.4) is 0 Å². The Morgan fingerprint density at radius 1 is 0.943 bits per heavy atom. The van der Waals surface area contributed by atoms with Crippen LogP contribution in [-0.2, 0) is 22.3 Å². The molecule has 0 saturated heterocycles. The van der Waals surface area contributed by atoms with Crippen LogP contribution in [0.25, 0.3) is 0 Å². The van der Waals surface area contributed by atoms with Gasteiger partial charge in [0.1, 0.15) is 0 Å². The molecule has 0 bridgehead atoms. The van der Waals surface area contributed by atoms with E-state index in [9.17, 15) is 22.8 Å². The Morgan fingerprint density at radius 2 is 1.63 bits per heavy atom. The molecule has 3 rings (SSSR count). The van der Waals surface area contributed by atoms with Gasteiger partial charge < -0.3 is 14.7 Å². The summed E-state index contributed by atoms with van der Waals surface area (Å²) in [6, 6.07) is 12.8. The van der Waals surface area contributed by atoms with E-state index in [0.717, 1.165) is 55.5 Å². The van der Waals surface area contributed by atoms with E-state index in [-0.39, 0.29) is 18.2 Å². The van der Waals surface area contributed by atoms with Gasteiger partial charge >= 0.3 is 6.18 Å². The van der Waals surface area contributed by atoms with Gasteiger partial charge in [-0.3, -0.25) is 9.59 Å². The van der Waals surface area contributed by atoms with E-state index in [0.29, 0.717) is 31.9 Å². The van der Waals surface area contributed by atoms with E-state index in [4.69, 9.17) is 0 Å². The fourth-order valence-electron chi connectivity index (χ4n) is 4.43. The highest BCUT2D eigenvalue weighted by Gasteiger charge is 2.30. The molecular weight excluding hydrogens is 455 g/mol. The molecule has 0 aliphatic carbocycles. The minimum atomic E-state index is -4.41. The zero-order valence-electron chi connectivity index (χ0n) is 20.5. The van der Waals surface area contributed by atoms with Crippen LogP contribution in [0.15, 0.2) is 48.5 Å². The first-order valence-corrected chi connectivity index (χ1v) is 12.2. The van der Waals surface area contributed by atoms with Gasteiger partial charge in [0.25, 0.3) is 0 Å². The fourth-order valence-corrected chi connectivity index (χ4v) is 4.43. The highest BCUT2D eigenvalue weighted by atomic mass is 19.4. The van der Waals surface area contributed by atoms with Crippen LogP contribution in [0.4, 0.5) is 24.5 Å². The topological polar surface area (TPSA) is 43.9 Å². The van der Waals surface area contributed by atoms with E-state index >= 15 is 0 Å². The van der Waals surface area contributed by atoms with E-state index < -0.39 is 11.7 Å². The number of alkyl halides is 3. The summed E-state index contributed by atoms with van der Waals surface area (Å²) >= 11 is 0. The molecule has 35 heavy (non-hydrogen) atoms. The summed E-state index contributed by atoms with van der Waals surface area (Å²) in [7, 11) is 1.69. The number of benzene rings is 2. The normalized spacial score (nSPS) is 15.6. The van der Waals surface area contributed by atoms with Crippen molar-refractivity contribution >= 4 is 23.2 Å². The van der Waals surface area contributed by atoms with Crippen LogP contribution >= 0.6 is 0 Å². The van der Waals surface area contributed by atoms with Gasteiger partial charge in [0, 0.05) is 57.9 Å². The van der Waals surface area contributed by atoms with Gasteiger partial charge in [0.15, 0.2) is 0 Å². The molecule has 5 nitrogen and oxygen atoms in total. The van der Waals surface area contributed by atoms with Gasteiger partial charge in [-0.1, -0.05) is 43.5 Å². The van der Waals surface area contributed by atoms with Crippen molar-refractivity contribution < 1.29 is 22.8 Å². The Morgan fingerprint density at radius 3 is 2.34 bits per heavy atom. The lowest BCUT2D eigenvalue weighted by atomic mass is 10.1. The first kappa shape index (κ1) is 26.6. The van der Waals surface area contributed by atoms with Gasteiger partial charge in [-0.15, -0.1) is 0 Å². The first-order chi connectivity index (χ1) is 16.7. The minimum Gasteiger partial charge on any atom is -0.374 e. The number of fused-ring (bicyclic) bond motifs is 1. The lowest BCUT2D eigenvalue weighted by Gasteiger charge is -2.29. The van der Waals surface area contributed by atoms with Crippen LogP contribution in [-0.4, -0.2) is 43.4 Å². The Kier molecular flexibility index (Phi) is 9.18. The molecule has 190 valence electrons. The Bertz CT molecular complexity index is 1010. The number of carbonyl (C=O) groups excluding carboxylic acids is 2. The summed E-state index contributed by atoms with van der Waals surface area (Å²) in [4.78, 5) is 30.9. The Hall–Kier alpha value is -3.03. The number of rotatable bonds is 4. The van der Waals surface area contributed by atoms with Crippen LogP contribution in [0.2, 0.25) is 0 Å². The summed E-state index contributed by atoms with van der Waals surface area (Å²) in [6.45, 7) is 3.53. The van der Waals surface area contributed by atoms with Crippen molar-refractivity contribution in [3.05, 3.63) is 59.7 Å². The second-order valence-electron chi connectivity index (χ2n) is 9.10. The second-order valence-corrected chi connectivity index (χ2v) is 9.10. The second kappa shape index (κ2) is 12.1. The van der Waals surface area contributed by atoms with Crippen LogP contribution in [0.5, 0.6) is 0 Å². The number of hydrogen-bond acceptors (Lipinski definition) is 3. The molecule has 0 unspecified atom stereocenters. The lowest BCUT2D eigenvalue weighted by Crippen LogP contribution is -2.36. The van der Waals surface area contributed by atoms with Gasteiger partial charge in [-0.25, -0.2) is 0 Å². The van der Waals surface area contributed by atoms with Crippen molar-refractivity contribution in [1.29, 1.82) is 0 Å². The smallest absolute Gasteiger partial charge is 0.374 e. The fraction of sp³-hybridized carbons (Fsp3) is 0.481. The molecule has 1 heterocycles. The first-order valence-electron chi connectivity index (χ1n) is 12.2. The Labute approximate surface area is 205 Å². The molecule has 2 amide bonds. The highest BCUT2D eigenvalue weighted by Crippen LogP contribution is 2.31. The number of halogens is 3. The molecular formula is C27H34F3N3O2. The summed E-state index contributed by atoms with van der Waals surface area (Å²) < 4.78 is 39.2. The van der Waals surface area contributed by atoms with Crippen molar-refractivity contribution in [1.82, 2.24) is 4.90 Å². The standard InChI is InChI=1S/C27H34F3N3O2/c1-21(34)33-17-9-5-3-4-8-16-32(20-22-11-6-7-14-25(22)33)26(35)15-18-31(2)24-13-10-12-23(19-24)27(28,29)30/h6-7,10-14,19H,3-5,8-9,15-18,20H2,1-2H3. The number of nitrogens with zero attached hydrogens (tertiary/aromatic N) is 3. The van der Waals surface area contributed by atoms with Crippen molar-refractivity contribution in [3.8, 4) is 0 Å². The summed E-state index contributed by atoms with van der Waals surface area (Å²) in [5.74, 6) is -0.0693. The maximum atomic E-state index is 13.2. The Balaban J connectivity index is 1.74. The van der Waals surface area contributed by atoms with Crippen LogP contribution in [0, 0.1) is 0 Å². The zero-order valence-corrected chi connectivity index (χ0v) is 20.5. The zero-order chi connectivity index (χ0) is 25.4. The van der Waals surface area contributed by atoms with Crippen molar-refractivity contribution in [2.75, 3.05) is 36.5 Å². The van der Waals surface area contributed by atoms with Gasteiger partial charge in [0.2, 0.25) is 11.8 Å². The third kappa shape index (κ3) is 7.47. The maximum absolute atomic E-state index is 13.2. The van der Waals surface area contributed by atoms with E-state index in [2.05, 4.69) is 0 Å². The maximum Gasteiger partial charge on any atom is 0.416 e. The number of hydrogen-bond donors (Lipinski definition) is 0. The summed E-state index contributed by atoms with van der Waals surface area (Å²) in [6.07, 6.45) is 0.704. The van der Waals surface area contributed by atoms with Gasteiger partial charge in [-0.2, -0.15) is 13.2 Å². The quantitative estimate of drug-likeness (QED) is 0.539. The molecule has 0 saturated carbocycles. The number of amides is 2. The summed E-state index contributed by atoms with van der Waals surface area (Å²) in [5, 5.41) is 0. The van der Waals surface area contributed by atoms with Crippen LogP contribution < -0.4 is 9.80 Å². The van der Waals surface area contributed by atoms with Gasteiger partial charge in [-0.05, 0) is 42.7 Å². The van der Waals surface area contributed by atoms with Crippen LogP contribution in [0.1, 0.15) is 56.6 Å². The SMILES string of the molecule is CC(=O)N1CCCCCCCN(C(=O)CCN(C)c2cccc(C(F)(F)F)c2)Cc2ccccc21. The van der Waals surface area contributed by atoms with E-state index in [1.165, 1.54) is 6.07 Å². The largest absolute Gasteiger partial charge is 0.416 e. The van der Waals surface area contributed by atoms with Crippen molar-refractivity contribution in [2.45, 2.75) is 58.2 Å². The van der Waals surface area contributed by atoms with Crippen molar-refractivity contribution in [2.24, 2.45) is 0 Å². The molecule has 0 spiro atoms. The lowest BCUT2D eigenvalue weighted by molar-refractivity contribution is -0.137. The number of anilines is 2. The van der Waals surface area contributed by atoms with Gasteiger partial charge in [0.05, 0.1) is 5.56 Å². The molecule has 0 atom stereocenters. The molecule has 1 aliphatic rings. The van der Waals surface area contributed by atoms with Crippen molar-refractivity contribution in [3.63, 3.8) is 0 Å². The monoisotopic (exact) mass is 489 g/mol. The molecule has 0 N–H and O–H groups in total. The molecule has 2 aromatic rings. The van der Waals surface area contributed by atoms with E-state index in [1.54, 1.807) is 29.8 Å². The average molecular weight is 490 g/mol.